The van der Waals surface area contributed by atoms with E-state index in [9.17, 15) is 4.79 Å². The van der Waals surface area contributed by atoms with Crippen LogP contribution in [0.25, 0.3) is 0 Å². The monoisotopic (exact) mass is 242 g/mol. The summed E-state index contributed by atoms with van der Waals surface area (Å²) in [4.78, 5) is 10.5. The van der Waals surface area contributed by atoms with Crippen molar-refractivity contribution >= 4 is 21.9 Å². The third-order valence-electron chi connectivity index (χ3n) is 2.00. The first kappa shape index (κ1) is 10.3. The molecule has 0 aliphatic heterocycles. The highest BCUT2D eigenvalue weighted by Crippen LogP contribution is 2.21. The molecule has 0 bridgehead atoms. The molecular weight excluding hydrogens is 232 g/mol. The Kier molecular flexibility index (Phi) is 3.09. The van der Waals surface area contributed by atoms with Crippen molar-refractivity contribution in [2.24, 2.45) is 0 Å². The van der Waals surface area contributed by atoms with Crippen molar-refractivity contribution in [3.05, 3.63) is 33.3 Å². The Morgan fingerprint density at radius 1 is 1.38 bits per heavy atom. The molecule has 13 heavy (non-hydrogen) atoms. The normalized spacial score (nSPS) is 10.1. The number of halogens is 1. The Bertz CT molecular complexity index is 345. The molecule has 1 rings (SSSR count). The molecule has 1 aromatic carbocycles. The van der Waals surface area contributed by atoms with E-state index in [0.29, 0.717) is 0 Å². The number of hydrogen-bond acceptors (Lipinski definition) is 1. The summed E-state index contributed by atoms with van der Waals surface area (Å²) < 4.78 is 0.873. The van der Waals surface area contributed by atoms with Crippen molar-refractivity contribution in [2.45, 2.75) is 20.3 Å². The summed E-state index contributed by atoms with van der Waals surface area (Å²) in [5.74, 6) is -0.802. The molecule has 0 fully saturated rings. The topological polar surface area (TPSA) is 37.3 Å². The van der Waals surface area contributed by atoms with E-state index >= 15 is 0 Å². The number of rotatable bonds is 2. The molecule has 70 valence electrons. The zero-order valence-corrected chi connectivity index (χ0v) is 9.18. The van der Waals surface area contributed by atoms with Crippen LogP contribution in [-0.2, 0) is 11.2 Å². The molecule has 0 atom stereocenters. The lowest BCUT2D eigenvalue weighted by Crippen LogP contribution is -2.01. The van der Waals surface area contributed by atoms with Gasteiger partial charge in [0.15, 0.2) is 0 Å². The second-order valence-corrected chi connectivity index (χ2v) is 3.95. The van der Waals surface area contributed by atoms with E-state index in [1.807, 2.05) is 26.0 Å². The van der Waals surface area contributed by atoms with E-state index in [1.54, 1.807) is 0 Å². The molecule has 0 heterocycles. The third-order valence-corrected chi connectivity index (χ3v) is 2.74. The summed E-state index contributed by atoms with van der Waals surface area (Å²) >= 11 is 3.35. The van der Waals surface area contributed by atoms with Gasteiger partial charge in [0.05, 0.1) is 6.42 Å². The maximum absolute atomic E-state index is 10.5. The van der Waals surface area contributed by atoms with E-state index in [-0.39, 0.29) is 6.42 Å². The van der Waals surface area contributed by atoms with Gasteiger partial charge in [-0.15, -0.1) is 0 Å². The molecule has 0 unspecified atom stereocenters. The fraction of sp³-hybridized carbons (Fsp3) is 0.300. The minimum absolute atomic E-state index is 0.0711. The lowest BCUT2D eigenvalue weighted by molar-refractivity contribution is -0.136. The summed E-state index contributed by atoms with van der Waals surface area (Å²) in [6, 6.07) is 3.86. The molecule has 0 aliphatic rings. The minimum Gasteiger partial charge on any atom is -0.481 e. The zero-order valence-electron chi connectivity index (χ0n) is 7.60. The molecule has 1 N–H and O–H groups in total. The Morgan fingerprint density at radius 3 is 2.46 bits per heavy atom. The highest BCUT2D eigenvalue weighted by Gasteiger charge is 2.06. The molecule has 0 saturated heterocycles. The molecule has 3 heteroatoms. The van der Waals surface area contributed by atoms with Gasteiger partial charge in [0.25, 0.3) is 0 Å². The van der Waals surface area contributed by atoms with Crippen molar-refractivity contribution in [3.8, 4) is 0 Å². The van der Waals surface area contributed by atoms with Gasteiger partial charge < -0.3 is 5.11 Å². The van der Waals surface area contributed by atoms with Crippen LogP contribution in [0.5, 0.6) is 0 Å². The molecule has 0 saturated carbocycles. The Morgan fingerprint density at radius 2 is 1.92 bits per heavy atom. The Labute approximate surface area is 85.7 Å². The van der Waals surface area contributed by atoms with Crippen LogP contribution in [0.15, 0.2) is 16.6 Å². The van der Waals surface area contributed by atoms with Crippen LogP contribution in [0, 0.1) is 13.8 Å². The molecule has 0 amide bonds. The number of aliphatic carboxylic acids is 1. The molecular formula is C10H11BrO2. The van der Waals surface area contributed by atoms with Crippen LogP contribution in [-0.4, -0.2) is 11.1 Å². The van der Waals surface area contributed by atoms with Crippen LogP contribution in [0.3, 0.4) is 0 Å². The van der Waals surface area contributed by atoms with E-state index in [2.05, 4.69) is 15.9 Å². The average molecular weight is 243 g/mol. The van der Waals surface area contributed by atoms with Gasteiger partial charge in [-0.3, -0.25) is 4.79 Å². The van der Waals surface area contributed by atoms with Crippen LogP contribution in [0.2, 0.25) is 0 Å². The van der Waals surface area contributed by atoms with Crippen molar-refractivity contribution in [1.29, 1.82) is 0 Å². The number of carboxylic acid groups (broad SMARTS) is 1. The zero-order chi connectivity index (χ0) is 10.0. The SMILES string of the molecule is Cc1cc(Br)c(CC(=O)O)cc1C. The van der Waals surface area contributed by atoms with E-state index < -0.39 is 5.97 Å². The first-order chi connectivity index (χ1) is 6.00. The highest BCUT2D eigenvalue weighted by molar-refractivity contribution is 9.10. The summed E-state index contributed by atoms with van der Waals surface area (Å²) in [6.07, 6.45) is 0.0711. The smallest absolute Gasteiger partial charge is 0.307 e. The van der Waals surface area contributed by atoms with Crippen LogP contribution in [0.4, 0.5) is 0 Å². The first-order valence-electron chi connectivity index (χ1n) is 3.98. The molecule has 0 aliphatic carbocycles. The Balaban J connectivity index is 3.08. The first-order valence-corrected chi connectivity index (χ1v) is 4.77. The molecule has 0 aromatic heterocycles. The van der Waals surface area contributed by atoms with Crippen molar-refractivity contribution in [1.82, 2.24) is 0 Å². The summed E-state index contributed by atoms with van der Waals surface area (Å²) in [5.41, 5.74) is 3.12. The highest BCUT2D eigenvalue weighted by atomic mass is 79.9. The van der Waals surface area contributed by atoms with Crippen molar-refractivity contribution in [2.75, 3.05) is 0 Å². The third kappa shape index (κ3) is 2.56. The van der Waals surface area contributed by atoms with Gasteiger partial charge in [0, 0.05) is 4.47 Å². The quantitative estimate of drug-likeness (QED) is 0.866. The Hall–Kier alpha value is -0.830. The molecule has 0 radical (unpaired) electrons. The van der Waals surface area contributed by atoms with Gasteiger partial charge >= 0.3 is 5.97 Å². The van der Waals surface area contributed by atoms with Crippen molar-refractivity contribution < 1.29 is 9.90 Å². The fourth-order valence-electron chi connectivity index (χ4n) is 1.14. The lowest BCUT2D eigenvalue weighted by Gasteiger charge is -2.06. The van der Waals surface area contributed by atoms with Crippen LogP contribution >= 0.6 is 15.9 Å². The number of aryl methyl sites for hydroxylation is 2. The van der Waals surface area contributed by atoms with Gasteiger partial charge in [-0.25, -0.2) is 0 Å². The maximum Gasteiger partial charge on any atom is 0.307 e. The largest absolute Gasteiger partial charge is 0.481 e. The summed E-state index contributed by atoms with van der Waals surface area (Å²) in [7, 11) is 0. The molecule has 1 aromatic rings. The molecule has 0 spiro atoms. The second-order valence-electron chi connectivity index (χ2n) is 3.10. The molecule has 2 nitrogen and oxygen atoms in total. The average Bonchev–Trinajstić information content (AvgIpc) is 1.99. The van der Waals surface area contributed by atoms with Gasteiger partial charge in [-0.1, -0.05) is 22.0 Å². The van der Waals surface area contributed by atoms with Crippen molar-refractivity contribution in [3.63, 3.8) is 0 Å². The van der Waals surface area contributed by atoms with Gasteiger partial charge in [0.1, 0.15) is 0 Å². The number of carbonyl (C=O) groups is 1. The van der Waals surface area contributed by atoms with Crippen LogP contribution < -0.4 is 0 Å². The lowest BCUT2D eigenvalue weighted by atomic mass is 10.0. The predicted molar refractivity (Wildman–Crippen MR) is 55.0 cm³/mol. The van der Waals surface area contributed by atoms with Gasteiger partial charge in [0.2, 0.25) is 0 Å². The predicted octanol–water partition coefficient (Wildman–Crippen LogP) is 2.69. The van der Waals surface area contributed by atoms with Gasteiger partial charge in [-0.05, 0) is 36.6 Å². The number of hydrogen-bond donors (Lipinski definition) is 1. The van der Waals surface area contributed by atoms with E-state index in [0.717, 1.165) is 15.6 Å². The summed E-state index contributed by atoms with van der Waals surface area (Å²) in [6.45, 7) is 3.98. The standard InChI is InChI=1S/C10H11BrO2/c1-6-3-8(5-10(12)13)9(11)4-7(6)2/h3-4H,5H2,1-2H3,(H,12,13). The second kappa shape index (κ2) is 3.92. The van der Waals surface area contributed by atoms with Crippen LogP contribution in [0.1, 0.15) is 16.7 Å². The number of benzene rings is 1. The fourth-order valence-corrected chi connectivity index (χ4v) is 1.74. The van der Waals surface area contributed by atoms with E-state index in [4.69, 9.17) is 5.11 Å². The van der Waals surface area contributed by atoms with E-state index in [1.165, 1.54) is 5.56 Å². The maximum atomic E-state index is 10.5. The number of carboxylic acids is 1. The minimum atomic E-state index is -0.802. The van der Waals surface area contributed by atoms with Gasteiger partial charge in [-0.2, -0.15) is 0 Å². The summed E-state index contributed by atoms with van der Waals surface area (Å²) in [5, 5.41) is 8.63.